The fourth-order valence-corrected chi connectivity index (χ4v) is 1.65. The smallest absolute Gasteiger partial charge is 0.0487 e. The first kappa shape index (κ1) is 17.9. The lowest BCUT2D eigenvalue weighted by molar-refractivity contribution is 0.0758. The Morgan fingerprint density at radius 3 is 1.78 bits per heavy atom. The van der Waals surface area contributed by atoms with Crippen molar-refractivity contribution in [1.82, 2.24) is 4.90 Å². The monoisotopic (exact) mass is 259 g/mol. The van der Waals surface area contributed by atoms with Crippen LogP contribution < -0.4 is 0 Å². The summed E-state index contributed by atoms with van der Waals surface area (Å²) in [6.45, 7) is 11.3. The van der Waals surface area contributed by atoms with E-state index in [-0.39, 0.29) is 0 Å². The van der Waals surface area contributed by atoms with Gasteiger partial charge in [0.05, 0.1) is 0 Å². The summed E-state index contributed by atoms with van der Waals surface area (Å²) in [7, 11) is 4.18. The van der Waals surface area contributed by atoms with Crippen LogP contribution in [0.4, 0.5) is 0 Å². The summed E-state index contributed by atoms with van der Waals surface area (Å²) in [5, 5.41) is 0. The fraction of sp³-hybridized carbons (Fsp3) is 1.00. The molecule has 3 heteroatoms. The van der Waals surface area contributed by atoms with Gasteiger partial charge in [-0.2, -0.15) is 0 Å². The predicted molar refractivity (Wildman–Crippen MR) is 78.1 cm³/mol. The second-order valence-electron chi connectivity index (χ2n) is 6.40. The third-order valence-electron chi connectivity index (χ3n) is 2.69. The average molecular weight is 259 g/mol. The quantitative estimate of drug-likeness (QED) is 0.532. The molecule has 110 valence electrons. The Kier molecular flexibility index (Phi) is 10.7. The van der Waals surface area contributed by atoms with Gasteiger partial charge < -0.3 is 14.4 Å². The molecule has 0 bridgehead atoms. The van der Waals surface area contributed by atoms with E-state index in [4.69, 9.17) is 9.47 Å². The van der Waals surface area contributed by atoms with Gasteiger partial charge in [0.1, 0.15) is 0 Å². The van der Waals surface area contributed by atoms with Gasteiger partial charge in [-0.15, -0.1) is 0 Å². The Balaban J connectivity index is 3.04. The fourth-order valence-electron chi connectivity index (χ4n) is 1.65. The van der Waals surface area contributed by atoms with Gasteiger partial charge in [0, 0.05) is 26.4 Å². The molecule has 0 aliphatic rings. The van der Waals surface area contributed by atoms with Crippen molar-refractivity contribution in [1.29, 1.82) is 0 Å². The van der Waals surface area contributed by atoms with E-state index in [0.717, 1.165) is 52.2 Å². The Morgan fingerprint density at radius 2 is 1.28 bits per heavy atom. The molecular weight excluding hydrogens is 226 g/mol. The molecule has 0 spiro atoms. The van der Waals surface area contributed by atoms with Crippen LogP contribution >= 0.6 is 0 Å². The summed E-state index contributed by atoms with van der Waals surface area (Å²) >= 11 is 0. The summed E-state index contributed by atoms with van der Waals surface area (Å²) in [4.78, 5) is 2.18. The van der Waals surface area contributed by atoms with Crippen LogP contribution in [-0.4, -0.2) is 52.0 Å². The lowest BCUT2D eigenvalue weighted by atomic mass is 9.91. The van der Waals surface area contributed by atoms with Crippen molar-refractivity contribution in [2.75, 3.05) is 47.1 Å². The molecule has 0 rings (SSSR count). The molecule has 0 aromatic heterocycles. The van der Waals surface area contributed by atoms with E-state index in [1.807, 2.05) is 0 Å². The molecule has 0 heterocycles. The Hall–Kier alpha value is -0.120. The first-order chi connectivity index (χ1) is 8.42. The standard InChI is InChI=1S/C15H33NO2/c1-15(2,3)9-6-11-17-13-8-14-18-12-7-10-16(4)5/h6-14H2,1-5H3. The van der Waals surface area contributed by atoms with Gasteiger partial charge in [0.25, 0.3) is 0 Å². The maximum atomic E-state index is 5.59. The number of nitrogens with zero attached hydrogens (tertiary/aromatic N) is 1. The minimum absolute atomic E-state index is 0.429. The lowest BCUT2D eigenvalue weighted by Gasteiger charge is -2.17. The zero-order valence-corrected chi connectivity index (χ0v) is 13.1. The van der Waals surface area contributed by atoms with Gasteiger partial charge in [-0.3, -0.25) is 0 Å². The van der Waals surface area contributed by atoms with E-state index >= 15 is 0 Å². The highest BCUT2D eigenvalue weighted by Gasteiger charge is 2.08. The van der Waals surface area contributed by atoms with Crippen LogP contribution in [-0.2, 0) is 9.47 Å². The van der Waals surface area contributed by atoms with E-state index in [0.29, 0.717) is 5.41 Å². The van der Waals surface area contributed by atoms with Gasteiger partial charge in [-0.1, -0.05) is 20.8 Å². The summed E-state index contributed by atoms with van der Waals surface area (Å²) in [6, 6.07) is 0. The molecule has 0 aromatic rings. The van der Waals surface area contributed by atoms with Gasteiger partial charge >= 0.3 is 0 Å². The maximum absolute atomic E-state index is 5.59. The van der Waals surface area contributed by atoms with Crippen molar-refractivity contribution in [3.8, 4) is 0 Å². The zero-order valence-electron chi connectivity index (χ0n) is 13.1. The van der Waals surface area contributed by atoms with Crippen LogP contribution in [0.15, 0.2) is 0 Å². The summed E-state index contributed by atoms with van der Waals surface area (Å²) < 4.78 is 11.1. The minimum atomic E-state index is 0.429. The minimum Gasteiger partial charge on any atom is -0.381 e. The topological polar surface area (TPSA) is 21.7 Å². The molecule has 0 saturated heterocycles. The summed E-state index contributed by atoms with van der Waals surface area (Å²) in [6.07, 6.45) is 4.51. The molecule has 3 nitrogen and oxygen atoms in total. The molecule has 18 heavy (non-hydrogen) atoms. The molecule has 0 fully saturated rings. The summed E-state index contributed by atoms with van der Waals surface area (Å²) in [5.41, 5.74) is 0.429. The maximum Gasteiger partial charge on any atom is 0.0487 e. The van der Waals surface area contributed by atoms with Crippen molar-refractivity contribution < 1.29 is 9.47 Å². The molecule has 0 aliphatic carbocycles. The molecule has 0 aliphatic heterocycles. The normalized spacial score (nSPS) is 12.3. The Labute approximate surface area is 114 Å². The highest BCUT2D eigenvalue weighted by Crippen LogP contribution is 2.20. The first-order valence-electron chi connectivity index (χ1n) is 7.22. The molecule has 0 radical (unpaired) electrons. The molecule has 0 saturated carbocycles. The van der Waals surface area contributed by atoms with E-state index in [9.17, 15) is 0 Å². The van der Waals surface area contributed by atoms with Gasteiger partial charge in [0.2, 0.25) is 0 Å². The van der Waals surface area contributed by atoms with Gasteiger partial charge in [-0.25, -0.2) is 0 Å². The van der Waals surface area contributed by atoms with Crippen LogP contribution in [0, 0.1) is 5.41 Å². The van der Waals surface area contributed by atoms with Crippen LogP contribution in [0.25, 0.3) is 0 Å². The van der Waals surface area contributed by atoms with Crippen LogP contribution in [0.3, 0.4) is 0 Å². The van der Waals surface area contributed by atoms with Gasteiger partial charge in [-0.05, 0) is 51.7 Å². The van der Waals surface area contributed by atoms with Crippen molar-refractivity contribution in [3.05, 3.63) is 0 Å². The van der Waals surface area contributed by atoms with Crippen molar-refractivity contribution in [2.24, 2.45) is 5.41 Å². The number of hydrogen-bond acceptors (Lipinski definition) is 3. The second kappa shape index (κ2) is 10.8. The summed E-state index contributed by atoms with van der Waals surface area (Å²) in [5.74, 6) is 0. The number of rotatable bonds is 11. The third-order valence-corrected chi connectivity index (χ3v) is 2.69. The Morgan fingerprint density at radius 1 is 0.778 bits per heavy atom. The second-order valence-corrected chi connectivity index (χ2v) is 6.40. The molecule has 0 aromatic carbocycles. The molecule has 0 N–H and O–H groups in total. The number of hydrogen-bond donors (Lipinski definition) is 0. The van der Waals surface area contributed by atoms with E-state index in [2.05, 4.69) is 39.8 Å². The highest BCUT2D eigenvalue weighted by atomic mass is 16.5. The molecule has 0 amide bonds. The van der Waals surface area contributed by atoms with Gasteiger partial charge in [0.15, 0.2) is 0 Å². The molecule has 0 unspecified atom stereocenters. The van der Waals surface area contributed by atoms with Crippen LogP contribution in [0.1, 0.15) is 46.5 Å². The SMILES string of the molecule is CN(C)CCCOCCCOCCCC(C)(C)C. The molecule has 0 atom stereocenters. The van der Waals surface area contributed by atoms with Crippen molar-refractivity contribution >= 4 is 0 Å². The first-order valence-corrected chi connectivity index (χ1v) is 7.22. The van der Waals surface area contributed by atoms with Crippen LogP contribution in [0.2, 0.25) is 0 Å². The number of ether oxygens (including phenoxy) is 2. The lowest BCUT2D eigenvalue weighted by Crippen LogP contribution is -2.15. The predicted octanol–water partition coefficient (Wildman–Crippen LogP) is 3.19. The third kappa shape index (κ3) is 15.9. The van der Waals surface area contributed by atoms with E-state index in [1.54, 1.807) is 0 Å². The highest BCUT2D eigenvalue weighted by molar-refractivity contribution is 4.60. The van der Waals surface area contributed by atoms with Crippen molar-refractivity contribution in [3.63, 3.8) is 0 Å². The van der Waals surface area contributed by atoms with Crippen molar-refractivity contribution in [2.45, 2.75) is 46.5 Å². The largest absolute Gasteiger partial charge is 0.381 e. The van der Waals surface area contributed by atoms with E-state index < -0.39 is 0 Å². The van der Waals surface area contributed by atoms with E-state index in [1.165, 1.54) is 6.42 Å². The Bertz CT molecular complexity index is 176. The van der Waals surface area contributed by atoms with Crippen LogP contribution in [0.5, 0.6) is 0 Å². The average Bonchev–Trinajstić information content (AvgIpc) is 2.24. The molecular formula is C15H33NO2. The zero-order chi connectivity index (χ0) is 13.9.